The first kappa shape index (κ1) is 21.7. The Kier molecular flexibility index (Phi) is 7.48. The fourth-order valence-corrected chi connectivity index (χ4v) is 2.70. The number of nitrogens with one attached hydrogen (secondary N) is 2. The van der Waals surface area contributed by atoms with Gasteiger partial charge in [0.2, 0.25) is 5.91 Å². The molecule has 0 saturated heterocycles. The van der Waals surface area contributed by atoms with Crippen LogP contribution in [0.25, 0.3) is 0 Å². The maximum Gasteiger partial charge on any atom is 0.262 e. The number of carbonyl (C=O) groups excluding carboxylic acids is 2. The molecule has 0 aromatic heterocycles. The molecule has 0 aliphatic carbocycles. The topological polar surface area (TPSA) is 85.9 Å². The van der Waals surface area contributed by atoms with Crippen LogP contribution in [0.3, 0.4) is 0 Å². The van der Waals surface area contributed by atoms with Gasteiger partial charge in [-0.15, -0.1) is 0 Å². The minimum absolute atomic E-state index is 0.135. The Bertz CT molecular complexity index is 1000. The van der Waals surface area contributed by atoms with Gasteiger partial charge in [-0.3, -0.25) is 9.59 Å². The van der Waals surface area contributed by atoms with Crippen molar-refractivity contribution in [2.24, 2.45) is 0 Å². The molecule has 0 aliphatic heterocycles. The highest BCUT2D eigenvalue weighted by molar-refractivity contribution is 5.92. The van der Waals surface area contributed by atoms with E-state index >= 15 is 0 Å². The third-order valence-corrected chi connectivity index (χ3v) is 4.05. The first-order chi connectivity index (χ1) is 15.0. The van der Waals surface area contributed by atoms with E-state index in [9.17, 15) is 9.59 Å². The van der Waals surface area contributed by atoms with Crippen LogP contribution in [0.2, 0.25) is 0 Å². The predicted octanol–water partition coefficient (Wildman–Crippen LogP) is 4.85. The van der Waals surface area contributed by atoms with Gasteiger partial charge in [0.1, 0.15) is 23.0 Å². The predicted molar refractivity (Wildman–Crippen MR) is 119 cm³/mol. The van der Waals surface area contributed by atoms with Crippen molar-refractivity contribution < 1.29 is 23.8 Å². The maximum absolute atomic E-state index is 12.1. The first-order valence-electron chi connectivity index (χ1n) is 9.83. The highest BCUT2D eigenvalue weighted by Gasteiger charge is 2.05. The van der Waals surface area contributed by atoms with E-state index in [1.807, 2.05) is 31.2 Å². The van der Waals surface area contributed by atoms with Crippen LogP contribution in [0.4, 0.5) is 11.4 Å². The zero-order chi connectivity index (χ0) is 22.1. The Labute approximate surface area is 180 Å². The summed E-state index contributed by atoms with van der Waals surface area (Å²) < 4.78 is 16.7. The number of benzene rings is 3. The van der Waals surface area contributed by atoms with Crippen LogP contribution >= 0.6 is 0 Å². The number of ether oxygens (including phenoxy) is 3. The normalized spacial score (nSPS) is 10.1. The summed E-state index contributed by atoms with van der Waals surface area (Å²) in [7, 11) is 0. The Balaban J connectivity index is 1.46. The Morgan fingerprint density at radius 1 is 0.677 bits per heavy atom. The van der Waals surface area contributed by atoms with Crippen molar-refractivity contribution in [3.05, 3.63) is 72.8 Å². The molecule has 7 heteroatoms. The van der Waals surface area contributed by atoms with Gasteiger partial charge in [-0.2, -0.15) is 0 Å². The van der Waals surface area contributed by atoms with Crippen LogP contribution in [0.15, 0.2) is 72.8 Å². The summed E-state index contributed by atoms with van der Waals surface area (Å²) >= 11 is 0. The molecule has 31 heavy (non-hydrogen) atoms. The summed E-state index contributed by atoms with van der Waals surface area (Å²) in [6.07, 6.45) is 0. The number of rotatable bonds is 9. The van der Waals surface area contributed by atoms with Crippen LogP contribution < -0.4 is 24.8 Å². The molecule has 0 aliphatic rings. The summed E-state index contributed by atoms with van der Waals surface area (Å²) in [6, 6.07) is 21.2. The van der Waals surface area contributed by atoms with Gasteiger partial charge in [-0.1, -0.05) is 0 Å². The number of anilines is 2. The van der Waals surface area contributed by atoms with E-state index in [-0.39, 0.29) is 18.4 Å². The van der Waals surface area contributed by atoms with Crippen molar-refractivity contribution in [1.29, 1.82) is 0 Å². The molecule has 0 spiro atoms. The van der Waals surface area contributed by atoms with Crippen LogP contribution in [0.1, 0.15) is 13.8 Å². The largest absolute Gasteiger partial charge is 0.494 e. The van der Waals surface area contributed by atoms with E-state index in [1.165, 1.54) is 6.92 Å². The smallest absolute Gasteiger partial charge is 0.262 e. The molecule has 3 aromatic carbocycles. The molecule has 7 nitrogen and oxygen atoms in total. The molecule has 0 atom stereocenters. The van der Waals surface area contributed by atoms with E-state index in [0.717, 1.165) is 5.75 Å². The number of amides is 2. The lowest BCUT2D eigenvalue weighted by Gasteiger charge is -2.10. The standard InChI is InChI=1S/C24H24N2O5/c1-3-29-20-12-14-23(15-13-20)31-22-10-6-19(7-11-22)26-24(28)16-30-21-8-4-18(5-9-21)25-17(2)27/h4-15H,3,16H2,1-2H3,(H,25,27)(H,26,28). The lowest BCUT2D eigenvalue weighted by atomic mass is 10.3. The lowest BCUT2D eigenvalue weighted by molar-refractivity contribution is -0.118. The van der Waals surface area contributed by atoms with Crippen LogP contribution in [-0.2, 0) is 9.59 Å². The maximum atomic E-state index is 12.1. The van der Waals surface area contributed by atoms with Crippen molar-refractivity contribution in [2.45, 2.75) is 13.8 Å². The van der Waals surface area contributed by atoms with Crippen molar-refractivity contribution in [1.82, 2.24) is 0 Å². The van der Waals surface area contributed by atoms with Crippen molar-refractivity contribution >= 4 is 23.2 Å². The van der Waals surface area contributed by atoms with Gasteiger partial charge in [-0.05, 0) is 79.7 Å². The van der Waals surface area contributed by atoms with Gasteiger partial charge < -0.3 is 24.8 Å². The molecule has 2 amide bonds. The van der Waals surface area contributed by atoms with Gasteiger partial charge in [0.25, 0.3) is 5.91 Å². The number of carbonyl (C=O) groups is 2. The van der Waals surface area contributed by atoms with Gasteiger partial charge in [0, 0.05) is 18.3 Å². The molecule has 0 fully saturated rings. The Hall–Kier alpha value is -4.00. The molecule has 0 radical (unpaired) electrons. The van der Waals surface area contributed by atoms with E-state index in [2.05, 4.69) is 10.6 Å². The molecule has 0 saturated carbocycles. The van der Waals surface area contributed by atoms with Gasteiger partial charge in [0.05, 0.1) is 6.61 Å². The monoisotopic (exact) mass is 420 g/mol. The number of hydrogen-bond acceptors (Lipinski definition) is 5. The SMILES string of the molecule is CCOc1ccc(Oc2ccc(NC(=O)COc3ccc(NC(C)=O)cc3)cc2)cc1. The zero-order valence-electron chi connectivity index (χ0n) is 17.4. The van der Waals surface area contributed by atoms with E-state index in [1.54, 1.807) is 48.5 Å². The second-order valence-electron chi connectivity index (χ2n) is 6.57. The number of hydrogen-bond donors (Lipinski definition) is 2. The van der Waals surface area contributed by atoms with E-state index < -0.39 is 0 Å². The third-order valence-electron chi connectivity index (χ3n) is 4.05. The molecule has 160 valence electrons. The molecule has 3 aromatic rings. The molecular formula is C24H24N2O5. The lowest BCUT2D eigenvalue weighted by Crippen LogP contribution is -2.20. The van der Waals surface area contributed by atoms with Crippen LogP contribution in [0.5, 0.6) is 23.0 Å². The minimum Gasteiger partial charge on any atom is -0.494 e. The summed E-state index contributed by atoms with van der Waals surface area (Å²) in [5, 5.41) is 5.44. The fourth-order valence-electron chi connectivity index (χ4n) is 2.70. The fraction of sp³-hybridized carbons (Fsp3) is 0.167. The van der Waals surface area contributed by atoms with Crippen LogP contribution in [-0.4, -0.2) is 25.0 Å². The van der Waals surface area contributed by atoms with E-state index in [0.29, 0.717) is 35.2 Å². The molecular weight excluding hydrogens is 396 g/mol. The minimum atomic E-state index is -0.286. The van der Waals surface area contributed by atoms with E-state index in [4.69, 9.17) is 14.2 Å². The second kappa shape index (κ2) is 10.7. The highest BCUT2D eigenvalue weighted by atomic mass is 16.5. The van der Waals surface area contributed by atoms with Gasteiger partial charge in [0.15, 0.2) is 6.61 Å². The summed E-state index contributed by atoms with van der Waals surface area (Å²) in [5.74, 6) is 2.23. The summed E-state index contributed by atoms with van der Waals surface area (Å²) in [4.78, 5) is 23.1. The van der Waals surface area contributed by atoms with Crippen LogP contribution in [0, 0.1) is 0 Å². The molecule has 0 unspecified atom stereocenters. The Morgan fingerprint density at radius 2 is 1.13 bits per heavy atom. The quantitative estimate of drug-likeness (QED) is 0.517. The summed E-state index contributed by atoms with van der Waals surface area (Å²) in [5.41, 5.74) is 1.30. The van der Waals surface area contributed by atoms with Crippen molar-refractivity contribution in [3.8, 4) is 23.0 Å². The van der Waals surface area contributed by atoms with Crippen molar-refractivity contribution in [3.63, 3.8) is 0 Å². The van der Waals surface area contributed by atoms with Gasteiger partial charge in [-0.25, -0.2) is 0 Å². The second-order valence-corrected chi connectivity index (χ2v) is 6.57. The molecule has 0 heterocycles. The molecule has 3 rings (SSSR count). The summed E-state index contributed by atoms with van der Waals surface area (Å²) in [6.45, 7) is 3.85. The van der Waals surface area contributed by atoms with Crippen molar-refractivity contribution in [2.75, 3.05) is 23.8 Å². The first-order valence-corrected chi connectivity index (χ1v) is 9.83. The van der Waals surface area contributed by atoms with Gasteiger partial charge >= 0.3 is 0 Å². The third kappa shape index (κ3) is 7.08. The molecule has 2 N–H and O–H groups in total. The zero-order valence-corrected chi connectivity index (χ0v) is 17.4. The highest BCUT2D eigenvalue weighted by Crippen LogP contribution is 2.25. The average molecular weight is 420 g/mol. The Morgan fingerprint density at radius 3 is 1.68 bits per heavy atom. The average Bonchev–Trinajstić information content (AvgIpc) is 2.76. The molecule has 0 bridgehead atoms.